The molecule has 31 heavy (non-hydrogen) atoms. The zero-order valence-electron chi connectivity index (χ0n) is 18.1. The smallest absolute Gasteiger partial charge is 0.260 e. The molecule has 2 aromatic rings. The molecule has 0 aliphatic heterocycles. The summed E-state index contributed by atoms with van der Waals surface area (Å²) in [6.07, 6.45) is 4.12. The van der Waals surface area contributed by atoms with Gasteiger partial charge in [0.25, 0.3) is 5.91 Å². The van der Waals surface area contributed by atoms with Gasteiger partial charge in [-0.2, -0.15) is 5.10 Å². The highest BCUT2D eigenvalue weighted by Gasteiger charge is 2.22. The van der Waals surface area contributed by atoms with Gasteiger partial charge in [-0.15, -0.1) is 0 Å². The Labute approximate surface area is 183 Å². The van der Waals surface area contributed by atoms with Crippen LogP contribution in [0.1, 0.15) is 16.7 Å². The van der Waals surface area contributed by atoms with E-state index in [1.54, 1.807) is 37.3 Å². The first kappa shape index (κ1) is 23.9. The Kier molecular flexibility index (Phi) is 8.21. The molecule has 0 saturated carbocycles. The van der Waals surface area contributed by atoms with Crippen molar-refractivity contribution in [3.8, 4) is 11.5 Å². The molecule has 0 unspecified atom stereocenters. The monoisotopic (exact) mass is 445 g/mol. The number of benzene rings is 2. The Morgan fingerprint density at radius 3 is 2.58 bits per heavy atom. The second-order valence-corrected chi connectivity index (χ2v) is 8.77. The number of aryl methyl sites for hydroxylation is 2. The summed E-state index contributed by atoms with van der Waals surface area (Å²) in [6, 6.07) is 10.6. The Balaban J connectivity index is 2.11. The zero-order chi connectivity index (χ0) is 23.0. The minimum absolute atomic E-state index is 0.344. The van der Waals surface area contributed by atoms with E-state index in [-0.39, 0.29) is 0 Å². The van der Waals surface area contributed by atoms with Crippen LogP contribution in [0.2, 0.25) is 0 Å². The van der Waals surface area contributed by atoms with Crippen molar-refractivity contribution < 1.29 is 22.7 Å². The fourth-order valence-corrected chi connectivity index (χ4v) is 3.65. The van der Waals surface area contributed by atoms with E-state index in [1.807, 2.05) is 19.1 Å². The number of anilines is 1. The number of carbonyl (C=O) groups is 1. The Morgan fingerprint density at radius 2 is 1.94 bits per heavy atom. The predicted octanol–water partition coefficient (Wildman–Crippen LogP) is 2.79. The highest BCUT2D eigenvalue weighted by molar-refractivity contribution is 7.92. The second kappa shape index (κ2) is 10.6. The standard InChI is InChI=1S/C22H27N3O5S/c1-6-11-30-20-10-9-18(13-21(20)29-4)14-23-24-22(26)15-25(31(5,27)28)19-12-16(2)7-8-17(19)3/h6-10,12-14H,1,11,15H2,2-5H3,(H,24,26)/b23-14-. The highest BCUT2D eigenvalue weighted by Crippen LogP contribution is 2.27. The number of nitrogens with one attached hydrogen (secondary N) is 1. The van der Waals surface area contributed by atoms with Crippen molar-refractivity contribution in [3.63, 3.8) is 0 Å². The largest absolute Gasteiger partial charge is 0.493 e. The van der Waals surface area contributed by atoms with Crippen molar-refractivity contribution in [2.45, 2.75) is 13.8 Å². The number of nitrogens with zero attached hydrogens (tertiary/aromatic N) is 2. The van der Waals surface area contributed by atoms with E-state index in [0.29, 0.717) is 29.4 Å². The van der Waals surface area contributed by atoms with Gasteiger partial charge in [0.15, 0.2) is 11.5 Å². The van der Waals surface area contributed by atoms with Gasteiger partial charge in [0.1, 0.15) is 13.2 Å². The summed E-state index contributed by atoms with van der Waals surface area (Å²) in [6.45, 7) is 7.20. The van der Waals surface area contributed by atoms with Crippen LogP contribution in [-0.2, 0) is 14.8 Å². The second-order valence-electron chi connectivity index (χ2n) is 6.86. The number of ether oxygens (including phenoxy) is 2. The number of methoxy groups -OCH3 is 1. The van der Waals surface area contributed by atoms with Gasteiger partial charge >= 0.3 is 0 Å². The molecule has 0 radical (unpaired) electrons. The third-order valence-electron chi connectivity index (χ3n) is 4.27. The van der Waals surface area contributed by atoms with Crippen LogP contribution >= 0.6 is 0 Å². The van der Waals surface area contributed by atoms with Crippen molar-refractivity contribution in [3.05, 3.63) is 65.7 Å². The molecule has 1 amide bonds. The average Bonchev–Trinajstić information content (AvgIpc) is 2.72. The maximum Gasteiger partial charge on any atom is 0.260 e. The Bertz CT molecular complexity index is 1080. The molecule has 0 heterocycles. The fourth-order valence-electron chi connectivity index (χ4n) is 2.75. The molecular formula is C22H27N3O5S. The first-order chi connectivity index (χ1) is 14.7. The van der Waals surface area contributed by atoms with Crippen molar-refractivity contribution in [2.75, 3.05) is 30.8 Å². The average molecular weight is 446 g/mol. The van der Waals surface area contributed by atoms with Gasteiger partial charge in [0.05, 0.1) is 25.3 Å². The van der Waals surface area contributed by atoms with Crippen LogP contribution in [0.5, 0.6) is 11.5 Å². The molecule has 9 heteroatoms. The number of hydrogen-bond donors (Lipinski definition) is 1. The Morgan fingerprint density at radius 1 is 1.19 bits per heavy atom. The van der Waals surface area contributed by atoms with E-state index in [0.717, 1.165) is 21.7 Å². The summed E-state index contributed by atoms with van der Waals surface area (Å²) < 4.78 is 36.4. The molecule has 0 aromatic heterocycles. The van der Waals surface area contributed by atoms with Gasteiger partial charge in [-0.3, -0.25) is 9.10 Å². The summed E-state index contributed by atoms with van der Waals surface area (Å²) in [5.41, 5.74) is 5.13. The van der Waals surface area contributed by atoms with E-state index < -0.39 is 22.5 Å². The number of carbonyl (C=O) groups excluding carboxylic acids is 1. The van der Waals surface area contributed by atoms with E-state index >= 15 is 0 Å². The Hall–Kier alpha value is -3.33. The lowest BCUT2D eigenvalue weighted by Gasteiger charge is -2.23. The van der Waals surface area contributed by atoms with Crippen LogP contribution in [0.15, 0.2) is 54.2 Å². The summed E-state index contributed by atoms with van der Waals surface area (Å²) in [5.74, 6) is 0.497. The highest BCUT2D eigenvalue weighted by atomic mass is 32.2. The molecule has 0 aliphatic rings. The molecule has 1 N–H and O–H groups in total. The summed E-state index contributed by atoms with van der Waals surface area (Å²) in [5, 5.41) is 3.92. The molecule has 166 valence electrons. The van der Waals surface area contributed by atoms with Gasteiger partial charge < -0.3 is 9.47 Å². The number of sulfonamides is 1. The molecular weight excluding hydrogens is 418 g/mol. The van der Waals surface area contributed by atoms with Crippen molar-refractivity contribution in [1.29, 1.82) is 0 Å². The number of rotatable bonds is 10. The lowest BCUT2D eigenvalue weighted by molar-refractivity contribution is -0.119. The van der Waals surface area contributed by atoms with Gasteiger partial charge in [-0.05, 0) is 54.8 Å². The minimum atomic E-state index is -3.67. The molecule has 0 bridgehead atoms. The van der Waals surface area contributed by atoms with Gasteiger partial charge in [-0.25, -0.2) is 13.8 Å². The molecule has 0 saturated heterocycles. The van der Waals surface area contributed by atoms with E-state index in [9.17, 15) is 13.2 Å². The SMILES string of the molecule is C=CCOc1ccc(/C=N\NC(=O)CN(c2cc(C)ccc2C)S(C)(=O)=O)cc1OC. The lowest BCUT2D eigenvalue weighted by atomic mass is 10.1. The summed E-state index contributed by atoms with van der Waals surface area (Å²) in [4.78, 5) is 12.4. The van der Waals surface area contributed by atoms with Crippen molar-refractivity contribution in [1.82, 2.24) is 5.43 Å². The molecule has 8 nitrogen and oxygen atoms in total. The van der Waals surface area contributed by atoms with Crippen LogP contribution in [-0.4, -0.2) is 47.1 Å². The van der Waals surface area contributed by atoms with Crippen LogP contribution in [0.25, 0.3) is 0 Å². The number of hydrogen-bond acceptors (Lipinski definition) is 6. The maximum absolute atomic E-state index is 12.4. The predicted molar refractivity (Wildman–Crippen MR) is 123 cm³/mol. The number of amides is 1. The fraction of sp³-hybridized carbons (Fsp3) is 0.273. The summed E-state index contributed by atoms with van der Waals surface area (Å²) >= 11 is 0. The minimum Gasteiger partial charge on any atom is -0.493 e. The topological polar surface area (TPSA) is 97.3 Å². The zero-order valence-corrected chi connectivity index (χ0v) is 18.9. The van der Waals surface area contributed by atoms with Crippen LogP contribution in [0, 0.1) is 13.8 Å². The van der Waals surface area contributed by atoms with E-state index in [2.05, 4.69) is 17.1 Å². The molecule has 0 spiro atoms. The van der Waals surface area contributed by atoms with Gasteiger partial charge in [-0.1, -0.05) is 24.8 Å². The van der Waals surface area contributed by atoms with Crippen LogP contribution in [0.3, 0.4) is 0 Å². The summed E-state index contributed by atoms with van der Waals surface area (Å²) in [7, 11) is -2.15. The number of hydrazone groups is 1. The molecule has 2 rings (SSSR count). The van der Waals surface area contributed by atoms with Crippen molar-refractivity contribution in [2.24, 2.45) is 5.10 Å². The maximum atomic E-state index is 12.4. The van der Waals surface area contributed by atoms with Crippen LogP contribution < -0.4 is 19.2 Å². The quantitative estimate of drug-likeness (QED) is 0.345. The molecule has 2 aromatic carbocycles. The lowest BCUT2D eigenvalue weighted by Crippen LogP contribution is -2.39. The molecule has 0 fully saturated rings. The van der Waals surface area contributed by atoms with Gasteiger partial charge in [0, 0.05) is 0 Å². The third kappa shape index (κ3) is 6.85. The van der Waals surface area contributed by atoms with E-state index in [4.69, 9.17) is 9.47 Å². The van der Waals surface area contributed by atoms with Crippen LogP contribution in [0.4, 0.5) is 5.69 Å². The first-order valence-corrected chi connectivity index (χ1v) is 11.3. The third-order valence-corrected chi connectivity index (χ3v) is 5.39. The molecule has 0 aliphatic carbocycles. The molecule has 0 atom stereocenters. The normalized spacial score (nSPS) is 11.2. The van der Waals surface area contributed by atoms with Gasteiger partial charge in [0.2, 0.25) is 10.0 Å². The first-order valence-electron chi connectivity index (χ1n) is 9.44. The van der Waals surface area contributed by atoms with E-state index in [1.165, 1.54) is 13.3 Å². The van der Waals surface area contributed by atoms with Crippen molar-refractivity contribution >= 4 is 27.8 Å².